The summed E-state index contributed by atoms with van der Waals surface area (Å²) in [6, 6.07) is 17.5. The SMILES string of the molecule is Cc1ccc(NC(=O)c2cc(-c3cnc(Nc4ccccc4)nc3)cn2C)cc1C. The third-order valence-electron chi connectivity index (χ3n) is 5.02. The van der Waals surface area contributed by atoms with Gasteiger partial charge < -0.3 is 15.2 Å². The lowest BCUT2D eigenvalue weighted by Crippen LogP contribution is -2.15. The Bertz CT molecular complexity index is 1180. The molecule has 0 atom stereocenters. The van der Waals surface area contributed by atoms with Crippen LogP contribution in [0, 0.1) is 13.8 Å². The summed E-state index contributed by atoms with van der Waals surface area (Å²) in [5, 5.41) is 6.13. The summed E-state index contributed by atoms with van der Waals surface area (Å²) < 4.78 is 1.81. The predicted molar refractivity (Wildman–Crippen MR) is 120 cm³/mol. The van der Waals surface area contributed by atoms with Crippen molar-refractivity contribution in [1.29, 1.82) is 0 Å². The number of hydrogen-bond donors (Lipinski definition) is 2. The lowest BCUT2D eigenvalue weighted by atomic mass is 10.1. The molecule has 0 saturated heterocycles. The first-order valence-electron chi connectivity index (χ1n) is 9.69. The van der Waals surface area contributed by atoms with Crippen LogP contribution in [0.5, 0.6) is 0 Å². The highest BCUT2D eigenvalue weighted by Crippen LogP contribution is 2.23. The summed E-state index contributed by atoms with van der Waals surface area (Å²) in [7, 11) is 1.85. The van der Waals surface area contributed by atoms with E-state index < -0.39 is 0 Å². The quantitative estimate of drug-likeness (QED) is 0.492. The molecule has 0 unspecified atom stereocenters. The number of carbonyl (C=O) groups excluding carboxylic acids is 1. The Labute approximate surface area is 175 Å². The zero-order valence-electron chi connectivity index (χ0n) is 17.2. The lowest BCUT2D eigenvalue weighted by molar-refractivity contribution is 0.101. The molecule has 1 amide bonds. The van der Waals surface area contributed by atoms with E-state index >= 15 is 0 Å². The average Bonchev–Trinajstić information content (AvgIpc) is 3.14. The van der Waals surface area contributed by atoms with Crippen molar-refractivity contribution in [3.8, 4) is 11.1 Å². The number of para-hydroxylation sites is 1. The summed E-state index contributed by atoms with van der Waals surface area (Å²) in [5.41, 5.74) is 6.33. The molecule has 6 heteroatoms. The van der Waals surface area contributed by atoms with Gasteiger partial charge in [0.15, 0.2) is 0 Å². The highest BCUT2D eigenvalue weighted by atomic mass is 16.1. The van der Waals surface area contributed by atoms with E-state index in [1.807, 2.05) is 86.3 Å². The Morgan fingerprint density at radius 2 is 1.60 bits per heavy atom. The standard InChI is InChI=1S/C24H23N5O/c1-16-9-10-21(11-17(16)2)27-23(30)22-12-18(15-29(22)3)19-13-25-24(26-14-19)28-20-7-5-4-6-8-20/h4-15H,1-3H3,(H,27,30)(H,25,26,28). The molecule has 150 valence electrons. The molecule has 0 spiro atoms. The number of aromatic nitrogens is 3. The van der Waals surface area contributed by atoms with E-state index in [2.05, 4.69) is 20.6 Å². The number of hydrogen-bond acceptors (Lipinski definition) is 4. The van der Waals surface area contributed by atoms with Crippen molar-refractivity contribution in [2.75, 3.05) is 10.6 Å². The van der Waals surface area contributed by atoms with Gasteiger partial charge in [-0.2, -0.15) is 0 Å². The van der Waals surface area contributed by atoms with Gasteiger partial charge in [0.1, 0.15) is 5.69 Å². The van der Waals surface area contributed by atoms with Crippen molar-refractivity contribution < 1.29 is 4.79 Å². The Morgan fingerprint density at radius 3 is 2.30 bits per heavy atom. The molecule has 2 heterocycles. The van der Waals surface area contributed by atoms with Crippen molar-refractivity contribution in [1.82, 2.24) is 14.5 Å². The average molecular weight is 397 g/mol. The Kier molecular flexibility index (Phi) is 5.30. The molecule has 30 heavy (non-hydrogen) atoms. The normalized spacial score (nSPS) is 10.6. The molecule has 0 saturated carbocycles. The summed E-state index contributed by atoms with van der Waals surface area (Å²) >= 11 is 0. The molecule has 0 aliphatic carbocycles. The van der Waals surface area contributed by atoms with Gasteiger partial charge >= 0.3 is 0 Å². The first-order valence-corrected chi connectivity index (χ1v) is 9.69. The summed E-state index contributed by atoms with van der Waals surface area (Å²) in [4.78, 5) is 21.5. The number of anilines is 3. The van der Waals surface area contributed by atoms with Crippen LogP contribution >= 0.6 is 0 Å². The molecule has 4 rings (SSSR count). The fraction of sp³-hybridized carbons (Fsp3) is 0.125. The molecule has 2 N–H and O–H groups in total. The monoisotopic (exact) mass is 397 g/mol. The number of rotatable bonds is 5. The molecule has 0 aliphatic rings. The molecule has 4 aromatic rings. The van der Waals surface area contributed by atoms with Crippen LogP contribution in [0.3, 0.4) is 0 Å². The first-order chi connectivity index (χ1) is 14.5. The highest BCUT2D eigenvalue weighted by Gasteiger charge is 2.14. The first kappa shape index (κ1) is 19.4. The van der Waals surface area contributed by atoms with Gasteiger partial charge in [-0.15, -0.1) is 0 Å². The fourth-order valence-electron chi connectivity index (χ4n) is 3.15. The van der Waals surface area contributed by atoms with Crippen LogP contribution < -0.4 is 10.6 Å². The van der Waals surface area contributed by atoms with E-state index in [-0.39, 0.29) is 5.91 Å². The zero-order valence-corrected chi connectivity index (χ0v) is 17.2. The molecule has 0 radical (unpaired) electrons. The summed E-state index contributed by atoms with van der Waals surface area (Å²) in [6.07, 6.45) is 5.40. The summed E-state index contributed by atoms with van der Waals surface area (Å²) in [5.74, 6) is 0.365. The molecule has 2 aromatic heterocycles. The van der Waals surface area contributed by atoms with Crippen molar-refractivity contribution >= 4 is 23.2 Å². The van der Waals surface area contributed by atoms with Crippen molar-refractivity contribution in [3.05, 3.63) is 90.0 Å². The van der Waals surface area contributed by atoms with Gasteiger partial charge in [0.25, 0.3) is 5.91 Å². The number of aryl methyl sites for hydroxylation is 3. The smallest absolute Gasteiger partial charge is 0.272 e. The lowest BCUT2D eigenvalue weighted by Gasteiger charge is -2.08. The number of carbonyl (C=O) groups is 1. The van der Waals surface area contributed by atoms with E-state index in [1.54, 1.807) is 12.4 Å². The van der Waals surface area contributed by atoms with E-state index in [1.165, 1.54) is 5.56 Å². The maximum absolute atomic E-state index is 12.8. The van der Waals surface area contributed by atoms with Crippen LogP contribution in [0.25, 0.3) is 11.1 Å². The van der Waals surface area contributed by atoms with Gasteiger partial charge in [0.05, 0.1) is 0 Å². The highest BCUT2D eigenvalue weighted by molar-refractivity contribution is 6.04. The zero-order chi connectivity index (χ0) is 21.1. The molecular weight excluding hydrogens is 374 g/mol. The van der Waals surface area contributed by atoms with Crippen LogP contribution in [-0.4, -0.2) is 20.4 Å². The van der Waals surface area contributed by atoms with Crippen LogP contribution in [-0.2, 0) is 7.05 Å². The van der Waals surface area contributed by atoms with Crippen LogP contribution in [0.1, 0.15) is 21.6 Å². The minimum Gasteiger partial charge on any atom is -0.346 e. The Hall–Kier alpha value is -3.93. The van der Waals surface area contributed by atoms with Crippen molar-refractivity contribution in [2.24, 2.45) is 7.05 Å². The molecule has 0 bridgehead atoms. The maximum Gasteiger partial charge on any atom is 0.272 e. The minimum atomic E-state index is -0.157. The number of nitrogens with zero attached hydrogens (tertiary/aromatic N) is 3. The second-order valence-corrected chi connectivity index (χ2v) is 7.26. The third kappa shape index (κ3) is 4.22. The number of benzene rings is 2. The predicted octanol–water partition coefficient (Wildman–Crippen LogP) is 5.09. The van der Waals surface area contributed by atoms with E-state index in [4.69, 9.17) is 0 Å². The van der Waals surface area contributed by atoms with Crippen molar-refractivity contribution in [2.45, 2.75) is 13.8 Å². The molecular formula is C24H23N5O. The second kappa shape index (κ2) is 8.21. The number of amides is 1. The van der Waals surface area contributed by atoms with Gasteiger partial charge in [-0.25, -0.2) is 9.97 Å². The molecule has 0 aliphatic heterocycles. The van der Waals surface area contributed by atoms with Gasteiger partial charge in [0.2, 0.25) is 5.95 Å². The van der Waals surface area contributed by atoms with E-state index in [9.17, 15) is 4.79 Å². The molecule has 2 aromatic carbocycles. The molecule has 0 fully saturated rings. The summed E-state index contributed by atoms with van der Waals surface area (Å²) in [6.45, 7) is 4.08. The van der Waals surface area contributed by atoms with Gasteiger partial charge in [0, 0.05) is 48.1 Å². The van der Waals surface area contributed by atoms with E-state index in [0.717, 1.165) is 28.1 Å². The van der Waals surface area contributed by atoms with Crippen LogP contribution in [0.15, 0.2) is 73.2 Å². The number of nitrogens with one attached hydrogen (secondary N) is 2. The maximum atomic E-state index is 12.8. The van der Waals surface area contributed by atoms with Gasteiger partial charge in [-0.3, -0.25) is 4.79 Å². The third-order valence-corrected chi connectivity index (χ3v) is 5.02. The topological polar surface area (TPSA) is 71.8 Å². The minimum absolute atomic E-state index is 0.157. The Balaban J connectivity index is 1.50. The molecule has 6 nitrogen and oxygen atoms in total. The Morgan fingerprint density at radius 1 is 0.867 bits per heavy atom. The fourth-order valence-corrected chi connectivity index (χ4v) is 3.15. The van der Waals surface area contributed by atoms with Gasteiger partial charge in [-0.1, -0.05) is 24.3 Å². The van der Waals surface area contributed by atoms with Crippen LogP contribution in [0.4, 0.5) is 17.3 Å². The van der Waals surface area contributed by atoms with Gasteiger partial charge in [-0.05, 0) is 55.3 Å². The van der Waals surface area contributed by atoms with Crippen LogP contribution in [0.2, 0.25) is 0 Å². The second-order valence-electron chi connectivity index (χ2n) is 7.26. The largest absolute Gasteiger partial charge is 0.346 e. The van der Waals surface area contributed by atoms with Crippen molar-refractivity contribution in [3.63, 3.8) is 0 Å². The van der Waals surface area contributed by atoms with E-state index in [0.29, 0.717) is 11.6 Å².